The molecular weight excluding hydrogens is 222 g/mol. The zero-order chi connectivity index (χ0) is 12.7. The number of aliphatic hydroxyl groups is 2. The van der Waals surface area contributed by atoms with E-state index in [-0.39, 0.29) is 13.0 Å². The second-order valence-corrected chi connectivity index (χ2v) is 3.75. The van der Waals surface area contributed by atoms with Gasteiger partial charge >= 0.3 is 6.09 Å². The molecule has 0 atom stereocenters. The topological polar surface area (TPSA) is 78.8 Å². The predicted octanol–water partition coefficient (Wildman–Crippen LogP) is 1.35. The summed E-state index contributed by atoms with van der Waals surface area (Å²) in [6.45, 7) is 1.87. The Labute approximate surface area is 100 Å². The maximum absolute atomic E-state index is 11.3. The Bertz CT molecular complexity index is 351. The van der Waals surface area contributed by atoms with Crippen molar-refractivity contribution in [3.8, 4) is 0 Å². The normalized spacial score (nSPS) is 11.0. The van der Waals surface area contributed by atoms with Crippen LogP contribution < -0.4 is 5.32 Å². The lowest BCUT2D eigenvalue weighted by atomic mass is 10.2. The molecule has 0 bridgehead atoms. The van der Waals surface area contributed by atoms with E-state index in [0.29, 0.717) is 6.42 Å². The molecule has 1 aromatic rings. The van der Waals surface area contributed by atoms with Crippen molar-refractivity contribution in [1.82, 2.24) is 5.32 Å². The van der Waals surface area contributed by atoms with Gasteiger partial charge < -0.3 is 14.9 Å². The standard InChI is InChI=1S/C12H17NO4/c1-2-8-12(15,16)13-11(14)17-9-10-6-4-3-5-7-10/h3-7,15-16H,2,8-9H2,1H3,(H,13,14). The highest BCUT2D eigenvalue weighted by Gasteiger charge is 2.24. The average molecular weight is 239 g/mol. The molecule has 0 heterocycles. The second-order valence-electron chi connectivity index (χ2n) is 3.75. The minimum atomic E-state index is -2.21. The molecule has 0 saturated carbocycles. The summed E-state index contributed by atoms with van der Waals surface area (Å²) in [5.41, 5.74) is 0.833. The molecule has 1 aromatic carbocycles. The van der Waals surface area contributed by atoms with Gasteiger partial charge in [-0.3, -0.25) is 5.32 Å². The summed E-state index contributed by atoms with van der Waals surface area (Å²) in [4.78, 5) is 11.3. The molecular formula is C12H17NO4. The van der Waals surface area contributed by atoms with Crippen molar-refractivity contribution < 1.29 is 19.7 Å². The predicted molar refractivity (Wildman–Crippen MR) is 61.8 cm³/mol. The van der Waals surface area contributed by atoms with Gasteiger partial charge in [0, 0.05) is 6.42 Å². The number of benzene rings is 1. The molecule has 0 aromatic heterocycles. The largest absolute Gasteiger partial charge is 0.445 e. The number of amides is 1. The number of carbonyl (C=O) groups excluding carboxylic acids is 1. The first kappa shape index (κ1) is 13.5. The maximum atomic E-state index is 11.3. The van der Waals surface area contributed by atoms with Crippen molar-refractivity contribution in [1.29, 1.82) is 0 Å². The van der Waals surface area contributed by atoms with Crippen molar-refractivity contribution in [3.63, 3.8) is 0 Å². The Morgan fingerprint density at radius 3 is 2.59 bits per heavy atom. The molecule has 17 heavy (non-hydrogen) atoms. The smallest absolute Gasteiger partial charge is 0.411 e. The van der Waals surface area contributed by atoms with Crippen molar-refractivity contribution >= 4 is 6.09 Å². The van der Waals surface area contributed by atoms with Crippen molar-refractivity contribution in [2.75, 3.05) is 0 Å². The number of rotatable bonds is 5. The number of nitrogens with one attached hydrogen (secondary N) is 1. The molecule has 0 aliphatic rings. The van der Waals surface area contributed by atoms with Crippen molar-refractivity contribution in [3.05, 3.63) is 35.9 Å². The van der Waals surface area contributed by atoms with Crippen LogP contribution in [0.15, 0.2) is 30.3 Å². The van der Waals surface area contributed by atoms with Crippen LogP contribution in [0.4, 0.5) is 4.79 Å². The fourth-order valence-corrected chi connectivity index (χ4v) is 1.33. The Morgan fingerprint density at radius 2 is 2.00 bits per heavy atom. The van der Waals surface area contributed by atoms with Crippen LogP contribution in [-0.4, -0.2) is 22.2 Å². The van der Waals surface area contributed by atoms with E-state index < -0.39 is 12.0 Å². The molecule has 0 aliphatic heterocycles. The minimum Gasteiger partial charge on any atom is -0.445 e. The van der Waals surface area contributed by atoms with Gasteiger partial charge in [-0.05, 0) is 12.0 Å². The van der Waals surface area contributed by atoms with E-state index in [1.165, 1.54) is 0 Å². The first-order valence-electron chi connectivity index (χ1n) is 5.47. The highest BCUT2D eigenvalue weighted by atomic mass is 16.6. The zero-order valence-electron chi connectivity index (χ0n) is 9.72. The van der Waals surface area contributed by atoms with Crippen LogP contribution in [0.2, 0.25) is 0 Å². The Morgan fingerprint density at radius 1 is 1.35 bits per heavy atom. The SMILES string of the molecule is CCCC(O)(O)NC(=O)OCc1ccccc1. The molecule has 5 nitrogen and oxygen atoms in total. The molecule has 5 heteroatoms. The summed E-state index contributed by atoms with van der Waals surface area (Å²) in [6.07, 6.45) is -0.272. The third kappa shape index (κ3) is 5.33. The summed E-state index contributed by atoms with van der Waals surface area (Å²) in [6, 6.07) is 9.14. The number of hydrogen-bond acceptors (Lipinski definition) is 4. The summed E-state index contributed by atoms with van der Waals surface area (Å²) >= 11 is 0. The van der Waals surface area contributed by atoms with Crippen LogP contribution in [0.3, 0.4) is 0 Å². The summed E-state index contributed by atoms with van der Waals surface area (Å²) < 4.78 is 4.84. The van der Waals surface area contributed by atoms with E-state index in [9.17, 15) is 15.0 Å². The number of hydrogen-bond donors (Lipinski definition) is 3. The van der Waals surface area contributed by atoms with Gasteiger partial charge in [0.05, 0.1) is 0 Å². The molecule has 0 saturated heterocycles. The highest BCUT2D eigenvalue weighted by molar-refractivity contribution is 5.67. The molecule has 3 N–H and O–H groups in total. The molecule has 1 amide bonds. The number of alkyl carbamates (subject to hydrolysis) is 1. The van der Waals surface area contributed by atoms with Crippen molar-refractivity contribution in [2.45, 2.75) is 32.3 Å². The van der Waals surface area contributed by atoms with E-state index in [2.05, 4.69) is 0 Å². The quantitative estimate of drug-likeness (QED) is 0.678. The second kappa shape index (κ2) is 6.22. The third-order valence-corrected chi connectivity index (χ3v) is 2.11. The van der Waals surface area contributed by atoms with Gasteiger partial charge in [0.15, 0.2) is 0 Å². The monoisotopic (exact) mass is 239 g/mol. The van der Waals surface area contributed by atoms with E-state index in [1.54, 1.807) is 6.92 Å². The first-order valence-corrected chi connectivity index (χ1v) is 5.47. The Hall–Kier alpha value is -1.59. The lowest BCUT2D eigenvalue weighted by Gasteiger charge is -2.21. The molecule has 0 radical (unpaired) electrons. The third-order valence-electron chi connectivity index (χ3n) is 2.11. The van der Waals surface area contributed by atoms with Gasteiger partial charge in [-0.1, -0.05) is 37.3 Å². The van der Waals surface area contributed by atoms with Gasteiger partial charge in [-0.25, -0.2) is 4.79 Å². The molecule has 0 unspecified atom stereocenters. The molecule has 0 spiro atoms. The summed E-state index contributed by atoms with van der Waals surface area (Å²) in [5, 5.41) is 20.6. The zero-order valence-corrected chi connectivity index (χ0v) is 9.72. The lowest BCUT2D eigenvalue weighted by Crippen LogP contribution is -2.48. The van der Waals surface area contributed by atoms with Crippen LogP contribution in [0.25, 0.3) is 0 Å². The van der Waals surface area contributed by atoms with Crippen LogP contribution in [-0.2, 0) is 11.3 Å². The average Bonchev–Trinajstić information content (AvgIpc) is 2.27. The molecule has 0 fully saturated rings. The fourth-order valence-electron chi connectivity index (χ4n) is 1.33. The first-order chi connectivity index (χ1) is 8.03. The van der Waals surface area contributed by atoms with E-state index in [4.69, 9.17) is 4.74 Å². The van der Waals surface area contributed by atoms with Gasteiger partial charge in [-0.15, -0.1) is 0 Å². The van der Waals surface area contributed by atoms with Gasteiger partial charge in [0.1, 0.15) is 6.61 Å². The van der Waals surface area contributed by atoms with E-state index in [0.717, 1.165) is 5.56 Å². The minimum absolute atomic E-state index is 0.0490. The summed E-state index contributed by atoms with van der Waals surface area (Å²) in [7, 11) is 0. The highest BCUT2D eigenvalue weighted by Crippen LogP contribution is 2.06. The number of ether oxygens (including phenoxy) is 1. The van der Waals surface area contributed by atoms with Crippen LogP contribution >= 0.6 is 0 Å². The lowest BCUT2D eigenvalue weighted by molar-refractivity contribution is -0.183. The van der Waals surface area contributed by atoms with Crippen LogP contribution in [0, 0.1) is 0 Å². The Balaban J connectivity index is 2.35. The van der Waals surface area contributed by atoms with Crippen molar-refractivity contribution in [2.24, 2.45) is 0 Å². The van der Waals surface area contributed by atoms with Gasteiger partial charge in [-0.2, -0.15) is 0 Å². The maximum Gasteiger partial charge on any atom is 0.411 e. The van der Waals surface area contributed by atoms with Crippen LogP contribution in [0.1, 0.15) is 25.3 Å². The molecule has 0 aliphatic carbocycles. The Kier molecular flexibility index (Phi) is 4.93. The fraction of sp³-hybridized carbons (Fsp3) is 0.417. The van der Waals surface area contributed by atoms with Gasteiger partial charge in [0.25, 0.3) is 0 Å². The van der Waals surface area contributed by atoms with E-state index in [1.807, 2.05) is 35.6 Å². The summed E-state index contributed by atoms with van der Waals surface area (Å²) in [5.74, 6) is -2.21. The van der Waals surface area contributed by atoms with Gasteiger partial charge in [0.2, 0.25) is 5.91 Å². The molecule has 1 rings (SSSR count). The van der Waals surface area contributed by atoms with Crippen LogP contribution in [0.5, 0.6) is 0 Å². The van der Waals surface area contributed by atoms with E-state index >= 15 is 0 Å². The number of carbonyl (C=O) groups is 1. The molecule has 94 valence electrons.